The summed E-state index contributed by atoms with van der Waals surface area (Å²) in [4.78, 5) is 0. The van der Waals surface area contributed by atoms with Crippen LogP contribution in [-0.4, -0.2) is 6.54 Å². The van der Waals surface area contributed by atoms with Crippen molar-refractivity contribution in [3.05, 3.63) is 34.9 Å². The van der Waals surface area contributed by atoms with Gasteiger partial charge >= 0.3 is 0 Å². The predicted molar refractivity (Wildman–Crippen MR) is 88.1 cm³/mol. The molecule has 1 nitrogen and oxygen atoms in total. The summed E-state index contributed by atoms with van der Waals surface area (Å²) in [7, 11) is 0. The molecule has 1 saturated carbocycles. The van der Waals surface area contributed by atoms with E-state index < -0.39 is 0 Å². The predicted octanol–water partition coefficient (Wildman–Crippen LogP) is 5.31. The van der Waals surface area contributed by atoms with Crippen LogP contribution < -0.4 is 5.32 Å². The van der Waals surface area contributed by atoms with Gasteiger partial charge in [-0.3, -0.25) is 0 Å². The fraction of sp³-hybridized carbons (Fsp3) is 0.684. The fourth-order valence-electron chi connectivity index (χ4n) is 3.67. The highest BCUT2D eigenvalue weighted by Gasteiger charge is 2.24. The second-order valence-corrected chi connectivity index (χ2v) is 6.50. The van der Waals surface area contributed by atoms with Gasteiger partial charge in [-0.05, 0) is 50.3 Å². The molecule has 0 amide bonds. The monoisotopic (exact) mass is 273 g/mol. The molecule has 0 aromatic heterocycles. The van der Waals surface area contributed by atoms with Crippen LogP contribution in [0, 0.1) is 19.8 Å². The molecule has 2 rings (SSSR count). The Bertz CT molecular complexity index is 402. The van der Waals surface area contributed by atoms with Gasteiger partial charge in [0.1, 0.15) is 0 Å². The molecule has 112 valence electrons. The standard InChI is InChI=1S/C19H31N/c1-4-20-19(17-10-8-6-5-7-9-11-17)18-14-15(2)12-13-16(18)3/h12-14,17,19-20H,4-11H2,1-3H3. The zero-order valence-corrected chi connectivity index (χ0v) is 13.5. The Morgan fingerprint density at radius 3 is 2.35 bits per heavy atom. The summed E-state index contributed by atoms with van der Waals surface area (Å²) in [6.07, 6.45) is 9.93. The number of benzene rings is 1. The number of hydrogen-bond donors (Lipinski definition) is 1. The van der Waals surface area contributed by atoms with Gasteiger partial charge in [0, 0.05) is 6.04 Å². The second kappa shape index (κ2) is 7.83. The number of aryl methyl sites for hydroxylation is 2. The Balaban J connectivity index is 2.21. The summed E-state index contributed by atoms with van der Waals surface area (Å²) in [6, 6.07) is 7.48. The normalized spacial score (nSPS) is 19.4. The first-order chi connectivity index (χ1) is 9.72. The molecular weight excluding hydrogens is 242 g/mol. The van der Waals surface area contributed by atoms with Crippen molar-refractivity contribution in [3.63, 3.8) is 0 Å². The first kappa shape index (κ1) is 15.6. The maximum atomic E-state index is 3.78. The summed E-state index contributed by atoms with van der Waals surface area (Å²) in [5.41, 5.74) is 4.38. The van der Waals surface area contributed by atoms with Gasteiger partial charge in [0.2, 0.25) is 0 Å². The zero-order valence-electron chi connectivity index (χ0n) is 13.5. The molecule has 1 unspecified atom stereocenters. The quantitative estimate of drug-likeness (QED) is 0.783. The van der Waals surface area contributed by atoms with Crippen LogP contribution in [0.4, 0.5) is 0 Å². The molecule has 1 aromatic carbocycles. The van der Waals surface area contributed by atoms with E-state index in [1.54, 1.807) is 0 Å². The van der Waals surface area contributed by atoms with E-state index in [0.717, 1.165) is 12.5 Å². The Hall–Kier alpha value is -0.820. The second-order valence-electron chi connectivity index (χ2n) is 6.50. The molecule has 0 aliphatic heterocycles. The minimum atomic E-state index is 0.554. The van der Waals surface area contributed by atoms with Crippen molar-refractivity contribution in [2.45, 2.75) is 71.8 Å². The SMILES string of the molecule is CCNC(c1cc(C)ccc1C)C1CCCCCCC1. The lowest BCUT2D eigenvalue weighted by Gasteiger charge is -2.31. The van der Waals surface area contributed by atoms with Gasteiger partial charge in [0.25, 0.3) is 0 Å². The summed E-state index contributed by atoms with van der Waals surface area (Å²) in [6.45, 7) is 7.78. The van der Waals surface area contributed by atoms with Crippen LogP contribution in [-0.2, 0) is 0 Å². The molecule has 1 atom stereocenters. The van der Waals surface area contributed by atoms with Gasteiger partial charge in [-0.15, -0.1) is 0 Å². The van der Waals surface area contributed by atoms with Crippen LogP contribution in [0.15, 0.2) is 18.2 Å². The summed E-state index contributed by atoms with van der Waals surface area (Å²) in [5, 5.41) is 3.78. The average molecular weight is 273 g/mol. The van der Waals surface area contributed by atoms with E-state index in [-0.39, 0.29) is 0 Å². The van der Waals surface area contributed by atoms with Crippen molar-refractivity contribution >= 4 is 0 Å². The van der Waals surface area contributed by atoms with Crippen LogP contribution in [0.3, 0.4) is 0 Å². The summed E-state index contributed by atoms with van der Waals surface area (Å²) >= 11 is 0. The summed E-state index contributed by atoms with van der Waals surface area (Å²) in [5.74, 6) is 0.816. The highest BCUT2D eigenvalue weighted by molar-refractivity contribution is 5.33. The molecule has 0 saturated heterocycles. The van der Waals surface area contributed by atoms with Crippen LogP contribution in [0.1, 0.15) is 74.6 Å². The van der Waals surface area contributed by atoms with Crippen molar-refractivity contribution in [1.82, 2.24) is 5.32 Å². The first-order valence-corrected chi connectivity index (χ1v) is 8.53. The molecule has 1 N–H and O–H groups in total. The molecular formula is C19H31N. The van der Waals surface area contributed by atoms with Crippen molar-refractivity contribution in [3.8, 4) is 0 Å². The third kappa shape index (κ3) is 4.09. The Morgan fingerprint density at radius 1 is 1.05 bits per heavy atom. The molecule has 0 radical (unpaired) electrons. The molecule has 0 bridgehead atoms. The van der Waals surface area contributed by atoms with Crippen LogP contribution >= 0.6 is 0 Å². The third-order valence-electron chi connectivity index (χ3n) is 4.82. The van der Waals surface area contributed by atoms with Gasteiger partial charge < -0.3 is 5.32 Å². The highest BCUT2D eigenvalue weighted by Crippen LogP contribution is 2.34. The lowest BCUT2D eigenvalue weighted by atomic mass is 9.81. The highest BCUT2D eigenvalue weighted by atomic mass is 14.9. The van der Waals surface area contributed by atoms with E-state index in [2.05, 4.69) is 44.3 Å². The third-order valence-corrected chi connectivity index (χ3v) is 4.82. The van der Waals surface area contributed by atoms with Crippen molar-refractivity contribution in [1.29, 1.82) is 0 Å². The summed E-state index contributed by atoms with van der Waals surface area (Å²) < 4.78 is 0. The van der Waals surface area contributed by atoms with Gasteiger partial charge in [0.15, 0.2) is 0 Å². The number of rotatable bonds is 4. The molecule has 1 aliphatic carbocycles. The van der Waals surface area contributed by atoms with Gasteiger partial charge in [0.05, 0.1) is 0 Å². The topological polar surface area (TPSA) is 12.0 Å². The van der Waals surface area contributed by atoms with Crippen LogP contribution in [0.5, 0.6) is 0 Å². The molecule has 1 aliphatic rings. The van der Waals surface area contributed by atoms with Crippen molar-refractivity contribution in [2.24, 2.45) is 5.92 Å². The Morgan fingerprint density at radius 2 is 1.70 bits per heavy atom. The molecule has 1 heteroatoms. The smallest absolute Gasteiger partial charge is 0.0351 e. The minimum Gasteiger partial charge on any atom is -0.310 e. The van der Waals surface area contributed by atoms with Crippen molar-refractivity contribution in [2.75, 3.05) is 6.54 Å². The van der Waals surface area contributed by atoms with E-state index in [4.69, 9.17) is 0 Å². The maximum absolute atomic E-state index is 3.78. The lowest BCUT2D eigenvalue weighted by Crippen LogP contribution is -2.29. The van der Waals surface area contributed by atoms with Gasteiger partial charge in [-0.2, -0.15) is 0 Å². The molecule has 1 aromatic rings. The van der Waals surface area contributed by atoms with E-state index in [1.165, 1.54) is 61.6 Å². The first-order valence-electron chi connectivity index (χ1n) is 8.53. The zero-order chi connectivity index (χ0) is 14.4. The fourth-order valence-corrected chi connectivity index (χ4v) is 3.67. The largest absolute Gasteiger partial charge is 0.310 e. The van der Waals surface area contributed by atoms with Crippen LogP contribution in [0.25, 0.3) is 0 Å². The van der Waals surface area contributed by atoms with E-state index in [9.17, 15) is 0 Å². The molecule has 0 spiro atoms. The number of nitrogens with one attached hydrogen (secondary N) is 1. The van der Waals surface area contributed by atoms with Crippen LogP contribution in [0.2, 0.25) is 0 Å². The van der Waals surface area contributed by atoms with Gasteiger partial charge in [-0.1, -0.05) is 62.8 Å². The number of hydrogen-bond acceptors (Lipinski definition) is 1. The lowest BCUT2D eigenvalue weighted by molar-refractivity contribution is 0.291. The average Bonchev–Trinajstić information content (AvgIpc) is 2.40. The molecule has 1 fully saturated rings. The minimum absolute atomic E-state index is 0.554. The van der Waals surface area contributed by atoms with E-state index >= 15 is 0 Å². The van der Waals surface area contributed by atoms with Crippen molar-refractivity contribution < 1.29 is 0 Å². The molecule has 0 heterocycles. The van der Waals surface area contributed by atoms with E-state index in [0.29, 0.717) is 6.04 Å². The Labute approximate surface area is 125 Å². The van der Waals surface area contributed by atoms with E-state index in [1.807, 2.05) is 0 Å². The molecule has 20 heavy (non-hydrogen) atoms. The van der Waals surface area contributed by atoms with Gasteiger partial charge in [-0.25, -0.2) is 0 Å². The Kier molecular flexibility index (Phi) is 6.09. The maximum Gasteiger partial charge on any atom is 0.0351 e.